The summed E-state index contributed by atoms with van der Waals surface area (Å²) >= 11 is 0. The Hall–Kier alpha value is -2.42. The van der Waals surface area contributed by atoms with Crippen molar-refractivity contribution in [2.75, 3.05) is 6.61 Å². The van der Waals surface area contributed by atoms with Gasteiger partial charge in [0.15, 0.2) is 0 Å². The topological polar surface area (TPSA) is 83.8 Å². The van der Waals surface area contributed by atoms with Crippen molar-refractivity contribution in [1.82, 2.24) is 0 Å². The van der Waals surface area contributed by atoms with Crippen LogP contribution < -0.4 is 0 Å². The molecule has 0 radical (unpaired) electrons. The van der Waals surface area contributed by atoms with Gasteiger partial charge in [-0.05, 0) is 0 Å². The molecule has 0 aromatic rings. The third kappa shape index (κ3) is 9.87. The lowest BCUT2D eigenvalue weighted by molar-refractivity contribution is -0.131. The molecular formula is C12H10O5. The van der Waals surface area contributed by atoms with Crippen LogP contribution in [0.4, 0.5) is 0 Å². The summed E-state index contributed by atoms with van der Waals surface area (Å²) in [4.78, 5) is 20.3. The standard InChI is InChI=1S/C12H10O5/c1-2-9-17-10(5-3-7-11(13)14)6-4-8-12(15)16/h1,10H,5-6,9H2,(H,13,14)(H,15,16). The highest BCUT2D eigenvalue weighted by Gasteiger charge is 2.05. The first kappa shape index (κ1) is 14.6. The van der Waals surface area contributed by atoms with Crippen LogP contribution in [-0.2, 0) is 14.3 Å². The number of carbonyl (C=O) groups is 2. The molecule has 0 atom stereocenters. The molecule has 0 amide bonds. The van der Waals surface area contributed by atoms with Crippen LogP contribution in [0.1, 0.15) is 12.8 Å². The van der Waals surface area contributed by atoms with Gasteiger partial charge >= 0.3 is 11.9 Å². The molecule has 5 heteroatoms. The third-order valence-corrected chi connectivity index (χ3v) is 1.45. The van der Waals surface area contributed by atoms with Crippen molar-refractivity contribution in [3.63, 3.8) is 0 Å². The Morgan fingerprint density at radius 1 is 1.12 bits per heavy atom. The molecule has 0 aliphatic carbocycles. The van der Waals surface area contributed by atoms with E-state index in [1.807, 2.05) is 11.8 Å². The summed E-state index contributed by atoms with van der Waals surface area (Å²) in [6, 6.07) is 0. The highest BCUT2D eigenvalue weighted by molar-refractivity contribution is 5.86. The van der Waals surface area contributed by atoms with Gasteiger partial charge in [0.05, 0.1) is 6.10 Å². The van der Waals surface area contributed by atoms with Crippen LogP contribution in [0.5, 0.6) is 0 Å². The van der Waals surface area contributed by atoms with Crippen LogP contribution in [0.3, 0.4) is 0 Å². The quantitative estimate of drug-likeness (QED) is 0.667. The van der Waals surface area contributed by atoms with Gasteiger partial charge in [-0.3, -0.25) is 0 Å². The van der Waals surface area contributed by atoms with Gasteiger partial charge in [0.25, 0.3) is 0 Å². The molecule has 0 aliphatic rings. The molecule has 17 heavy (non-hydrogen) atoms. The number of hydrogen-bond acceptors (Lipinski definition) is 3. The normalized spacial score (nSPS) is 8.24. The number of hydrogen-bond donors (Lipinski definition) is 2. The molecule has 0 aromatic heterocycles. The van der Waals surface area contributed by atoms with E-state index in [-0.39, 0.29) is 19.4 Å². The van der Waals surface area contributed by atoms with Crippen molar-refractivity contribution < 1.29 is 24.5 Å². The maximum atomic E-state index is 10.1. The van der Waals surface area contributed by atoms with Crippen LogP contribution in [0.15, 0.2) is 0 Å². The Labute approximate surface area is 98.8 Å². The van der Waals surface area contributed by atoms with Crippen molar-refractivity contribution in [3.05, 3.63) is 0 Å². The van der Waals surface area contributed by atoms with Crippen molar-refractivity contribution in [2.24, 2.45) is 0 Å². The van der Waals surface area contributed by atoms with E-state index in [0.717, 1.165) is 0 Å². The zero-order chi connectivity index (χ0) is 13.1. The predicted octanol–water partition coefficient (Wildman–Crippen LogP) is -0.0390. The Morgan fingerprint density at radius 2 is 1.59 bits per heavy atom. The van der Waals surface area contributed by atoms with Gasteiger partial charge in [0.1, 0.15) is 6.61 Å². The number of carboxylic acid groups (broad SMARTS) is 2. The predicted molar refractivity (Wildman–Crippen MR) is 58.6 cm³/mol. The highest BCUT2D eigenvalue weighted by atomic mass is 16.5. The lowest BCUT2D eigenvalue weighted by Gasteiger charge is -2.09. The Kier molecular flexibility index (Phi) is 7.59. The SMILES string of the molecule is C#CCOC(CC#CC(=O)O)CC#CC(=O)O. The van der Waals surface area contributed by atoms with Gasteiger partial charge < -0.3 is 14.9 Å². The highest BCUT2D eigenvalue weighted by Crippen LogP contribution is 2.02. The van der Waals surface area contributed by atoms with E-state index < -0.39 is 18.0 Å². The first-order valence-corrected chi connectivity index (χ1v) is 4.55. The van der Waals surface area contributed by atoms with E-state index >= 15 is 0 Å². The van der Waals surface area contributed by atoms with Gasteiger partial charge in [-0.25, -0.2) is 9.59 Å². The van der Waals surface area contributed by atoms with Crippen molar-refractivity contribution in [2.45, 2.75) is 18.9 Å². The Balaban J connectivity index is 4.31. The molecule has 0 aromatic carbocycles. The van der Waals surface area contributed by atoms with Crippen molar-refractivity contribution >= 4 is 11.9 Å². The second kappa shape index (κ2) is 8.85. The smallest absolute Gasteiger partial charge is 0.381 e. The monoisotopic (exact) mass is 234 g/mol. The molecule has 0 heterocycles. The van der Waals surface area contributed by atoms with Gasteiger partial charge in [0, 0.05) is 24.7 Å². The molecule has 2 N–H and O–H groups in total. The van der Waals surface area contributed by atoms with Gasteiger partial charge in [-0.1, -0.05) is 17.8 Å². The second-order valence-corrected chi connectivity index (χ2v) is 2.76. The van der Waals surface area contributed by atoms with Crippen LogP contribution in [0.25, 0.3) is 0 Å². The maximum Gasteiger partial charge on any atom is 0.381 e. The molecule has 0 bridgehead atoms. The van der Waals surface area contributed by atoms with E-state index in [1.54, 1.807) is 0 Å². The van der Waals surface area contributed by atoms with Gasteiger partial charge in [0.2, 0.25) is 0 Å². The second-order valence-electron chi connectivity index (χ2n) is 2.76. The lowest BCUT2D eigenvalue weighted by atomic mass is 10.2. The fourth-order valence-corrected chi connectivity index (χ4v) is 0.837. The van der Waals surface area contributed by atoms with E-state index in [9.17, 15) is 9.59 Å². The minimum Gasteiger partial charge on any atom is -0.472 e. The molecule has 0 aliphatic heterocycles. The molecular weight excluding hydrogens is 224 g/mol. The van der Waals surface area contributed by atoms with E-state index in [4.69, 9.17) is 21.4 Å². The summed E-state index contributed by atoms with van der Waals surface area (Å²) in [7, 11) is 0. The van der Waals surface area contributed by atoms with Crippen LogP contribution in [-0.4, -0.2) is 34.9 Å². The molecule has 0 fully saturated rings. The van der Waals surface area contributed by atoms with Crippen LogP contribution >= 0.6 is 0 Å². The van der Waals surface area contributed by atoms with E-state index in [2.05, 4.69) is 17.8 Å². The van der Waals surface area contributed by atoms with Crippen molar-refractivity contribution in [1.29, 1.82) is 0 Å². The third-order valence-electron chi connectivity index (χ3n) is 1.45. The molecule has 0 spiro atoms. The number of aliphatic carboxylic acids is 2. The average molecular weight is 234 g/mol. The largest absolute Gasteiger partial charge is 0.472 e. The van der Waals surface area contributed by atoms with E-state index in [0.29, 0.717) is 0 Å². The number of terminal acetylenes is 1. The first-order chi connectivity index (χ1) is 8.06. The van der Waals surface area contributed by atoms with Crippen LogP contribution in [0, 0.1) is 36.0 Å². The zero-order valence-corrected chi connectivity index (χ0v) is 8.90. The van der Waals surface area contributed by atoms with Crippen LogP contribution in [0.2, 0.25) is 0 Å². The summed E-state index contributed by atoms with van der Waals surface area (Å²) < 4.78 is 5.13. The molecule has 0 unspecified atom stereocenters. The minimum atomic E-state index is -1.24. The summed E-state index contributed by atoms with van der Waals surface area (Å²) in [6.45, 7) is 0.0359. The fourth-order valence-electron chi connectivity index (χ4n) is 0.837. The zero-order valence-electron chi connectivity index (χ0n) is 8.90. The average Bonchev–Trinajstić information content (AvgIpc) is 2.24. The Morgan fingerprint density at radius 3 is 1.94 bits per heavy atom. The maximum absolute atomic E-state index is 10.1. The lowest BCUT2D eigenvalue weighted by Crippen LogP contribution is -2.12. The molecule has 0 saturated heterocycles. The molecule has 0 rings (SSSR count). The van der Waals surface area contributed by atoms with Crippen molar-refractivity contribution in [3.8, 4) is 36.0 Å². The summed E-state index contributed by atoms with van der Waals surface area (Å²) in [5.41, 5.74) is 0. The summed E-state index contributed by atoms with van der Waals surface area (Å²) in [5.74, 6) is 8.36. The van der Waals surface area contributed by atoms with Gasteiger partial charge in [-0.2, -0.15) is 0 Å². The van der Waals surface area contributed by atoms with Gasteiger partial charge in [-0.15, -0.1) is 6.42 Å². The molecule has 5 nitrogen and oxygen atoms in total. The minimum absolute atomic E-state index is 0.0359. The number of carboxylic acids is 2. The summed E-state index contributed by atoms with van der Waals surface area (Å²) in [6.07, 6.45) is 4.75. The number of rotatable bonds is 4. The summed E-state index contributed by atoms with van der Waals surface area (Å²) in [5, 5.41) is 16.6. The number of ether oxygens (including phenoxy) is 1. The molecule has 0 saturated carbocycles. The Bertz CT molecular complexity index is 401. The van der Waals surface area contributed by atoms with E-state index in [1.165, 1.54) is 0 Å². The fraction of sp³-hybridized carbons (Fsp3) is 0.333. The molecule has 88 valence electrons. The first-order valence-electron chi connectivity index (χ1n) is 4.55.